The van der Waals surface area contributed by atoms with Gasteiger partial charge in [0.25, 0.3) is 0 Å². The first kappa shape index (κ1) is 33.4. The fourth-order valence-electron chi connectivity index (χ4n) is 4.14. The standard InChI is InChI=1S/C29H57N3O3/c1-7-13-19-30(20-14-8-2)27(33)25-26(28(34)31(21-15-9-3)22-16-10-4)29(35)32(23-17-11-5)24-18-12-6/h26H,7-25H2,1-6H3. The molecule has 0 bridgehead atoms. The zero-order valence-electron chi connectivity index (χ0n) is 24.1. The summed E-state index contributed by atoms with van der Waals surface area (Å²) in [6, 6.07) is 0. The molecule has 0 aliphatic rings. The molecule has 35 heavy (non-hydrogen) atoms. The Balaban J connectivity index is 5.97. The van der Waals surface area contributed by atoms with E-state index in [-0.39, 0.29) is 24.1 Å². The second kappa shape index (κ2) is 21.7. The Bertz CT molecular complexity index is 511. The van der Waals surface area contributed by atoms with Crippen LogP contribution in [0, 0.1) is 5.92 Å². The molecule has 0 aromatic heterocycles. The molecule has 6 heteroatoms. The van der Waals surface area contributed by atoms with Gasteiger partial charge in [-0.1, -0.05) is 80.1 Å². The largest absolute Gasteiger partial charge is 0.343 e. The summed E-state index contributed by atoms with van der Waals surface area (Å²) in [6.07, 6.45) is 11.6. The summed E-state index contributed by atoms with van der Waals surface area (Å²) in [7, 11) is 0. The van der Waals surface area contributed by atoms with Crippen LogP contribution in [0.2, 0.25) is 0 Å². The molecule has 0 radical (unpaired) electrons. The van der Waals surface area contributed by atoms with Crippen molar-refractivity contribution in [1.82, 2.24) is 14.7 Å². The molecular formula is C29H57N3O3. The van der Waals surface area contributed by atoms with E-state index in [0.29, 0.717) is 39.3 Å². The van der Waals surface area contributed by atoms with E-state index in [0.717, 1.165) is 77.0 Å². The highest BCUT2D eigenvalue weighted by Gasteiger charge is 2.36. The van der Waals surface area contributed by atoms with E-state index < -0.39 is 5.92 Å². The summed E-state index contributed by atoms with van der Waals surface area (Å²) in [5.41, 5.74) is 0. The van der Waals surface area contributed by atoms with E-state index in [1.807, 2.05) is 14.7 Å². The lowest BCUT2D eigenvalue weighted by atomic mass is 9.99. The van der Waals surface area contributed by atoms with Crippen LogP contribution in [0.15, 0.2) is 0 Å². The van der Waals surface area contributed by atoms with E-state index >= 15 is 0 Å². The van der Waals surface area contributed by atoms with Crippen molar-refractivity contribution in [1.29, 1.82) is 0 Å². The average Bonchev–Trinajstić information content (AvgIpc) is 2.86. The van der Waals surface area contributed by atoms with Gasteiger partial charge < -0.3 is 14.7 Å². The predicted octanol–water partition coefficient (Wildman–Crippen LogP) is 6.28. The molecule has 6 nitrogen and oxygen atoms in total. The molecule has 0 aromatic rings. The fraction of sp³-hybridized carbons (Fsp3) is 0.897. The normalized spacial score (nSPS) is 11.1. The van der Waals surface area contributed by atoms with Crippen LogP contribution in [0.3, 0.4) is 0 Å². The predicted molar refractivity (Wildman–Crippen MR) is 147 cm³/mol. The molecule has 0 fully saturated rings. The summed E-state index contributed by atoms with van der Waals surface area (Å²) in [4.78, 5) is 46.8. The highest BCUT2D eigenvalue weighted by Crippen LogP contribution is 2.18. The highest BCUT2D eigenvalue weighted by molar-refractivity contribution is 6.03. The Hall–Kier alpha value is -1.59. The third-order valence-corrected chi connectivity index (χ3v) is 6.64. The van der Waals surface area contributed by atoms with Gasteiger partial charge in [0.15, 0.2) is 0 Å². The smallest absolute Gasteiger partial charge is 0.235 e. The zero-order chi connectivity index (χ0) is 26.5. The first-order chi connectivity index (χ1) is 16.9. The lowest BCUT2D eigenvalue weighted by molar-refractivity contribution is -0.151. The molecule has 0 saturated carbocycles. The number of rotatable bonds is 22. The molecule has 0 heterocycles. The van der Waals surface area contributed by atoms with Crippen molar-refractivity contribution in [3.63, 3.8) is 0 Å². The highest BCUT2D eigenvalue weighted by atomic mass is 16.2. The van der Waals surface area contributed by atoms with Gasteiger partial charge in [0.2, 0.25) is 17.7 Å². The van der Waals surface area contributed by atoms with E-state index in [9.17, 15) is 14.4 Å². The average molecular weight is 496 g/mol. The third kappa shape index (κ3) is 13.9. The molecule has 206 valence electrons. The summed E-state index contributed by atoms with van der Waals surface area (Å²) >= 11 is 0. The van der Waals surface area contributed by atoms with E-state index in [1.54, 1.807) is 0 Å². The van der Waals surface area contributed by atoms with Gasteiger partial charge in [-0.3, -0.25) is 14.4 Å². The molecule has 0 rings (SSSR count). The van der Waals surface area contributed by atoms with Gasteiger partial charge in [-0.2, -0.15) is 0 Å². The molecule has 0 aliphatic carbocycles. The third-order valence-electron chi connectivity index (χ3n) is 6.64. The zero-order valence-corrected chi connectivity index (χ0v) is 24.1. The summed E-state index contributed by atoms with van der Waals surface area (Å²) in [5, 5.41) is 0. The first-order valence-corrected chi connectivity index (χ1v) is 14.8. The molecule has 0 spiro atoms. The van der Waals surface area contributed by atoms with Crippen LogP contribution in [0.4, 0.5) is 0 Å². The van der Waals surface area contributed by atoms with Gasteiger partial charge in [-0.15, -0.1) is 0 Å². The maximum Gasteiger partial charge on any atom is 0.235 e. The van der Waals surface area contributed by atoms with Crippen LogP contribution >= 0.6 is 0 Å². The monoisotopic (exact) mass is 495 g/mol. The molecule has 0 saturated heterocycles. The van der Waals surface area contributed by atoms with Crippen LogP contribution in [0.5, 0.6) is 0 Å². The summed E-state index contributed by atoms with van der Waals surface area (Å²) in [5.74, 6) is -1.24. The van der Waals surface area contributed by atoms with Crippen molar-refractivity contribution >= 4 is 17.7 Å². The minimum absolute atomic E-state index is 0.00536. The van der Waals surface area contributed by atoms with Crippen molar-refractivity contribution < 1.29 is 14.4 Å². The topological polar surface area (TPSA) is 60.9 Å². The molecular weight excluding hydrogens is 438 g/mol. The van der Waals surface area contributed by atoms with Crippen molar-refractivity contribution in [3.05, 3.63) is 0 Å². The van der Waals surface area contributed by atoms with E-state index in [2.05, 4.69) is 41.5 Å². The summed E-state index contributed by atoms with van der Waals surface area (Å²) < 4.78 is 0. The Morgan fingerprint density at radius 2 is 0.714 bits per heavy atom. The molecule has 0 atom stereocenters. The maximum absolute atomic E-state index is 13.8. The Morgan fingerprint density at radius 3 is 0.971 bits per heavy atom. The van der Waals surface area contributed by atoms with Gasteiger partial charge in [0.1, 0.15) is 5.92 Å². The van der Waals surface area contributed by atoms with Crippen molar-refractivity contribution in [3.8, 4) is 0 Å². The molecule has 0 unspecified atom stereocenters. The SMILES string of the molecule is CCCCN(CCCC)C(=O)CC(C(=O)N(CCCC)CCCC)C(=O)N(CCCC)CCCC. The Kier molecular flexibility index (Phi) is 20.7. The van der Waals surface area contributed by atoms with Crippen molar-refractivity contribution in [2.45, 2.75) is 125 Å². The lowest BCUT2D eigenvalue weighted by Gasteiger charge is -2.32. The number of amides is 3. The maximum atomic E-state index is 13.8. The quantitative estimate of drug-likeness (QED) is 0.166. The molecule has 0 aromatic carbocycles. The Morgan fingerprint density at radius 1 is 0.457 bits per heavy atom. The minimum atomic E-state index is -0.907. The number of hydrogen-bond donors (Lipinski definition) is 0. The van der Waals surface area contributed by atoms with E-state index in [1.165, 1.54) is 0 Å². The van der Waals surface area contributed by atoms with Crippen molar-refractivity contribution in [2.75, 3.05) is 39.3 Å². The van der Waals surface area contributed by atoms with Crippen LogP contribution in [0.1, 0.15) is 125 Å². The number of carbonyl (C=O) groups is 3. The van der Waals surface area contributed by atoms with Crippen LogP contribution < -0.4 is 0 Å². The van der Waals surface area contributed by atoms with E-state index in [4.69, 9.17) is 0 Å². The number of nitrogens with zero attached hydrogens (tertiary/aromatic N) is 3. The lowest BCUT2D eigenvalue weighted by Crippen LogP contribution is -2.48. The first-order valence-electron chi connectivity index (χ1n) is 14.8. The van der Waals surface area contributed by atoms with Crippen LogP contribution in [-0.2, 0) is 14.4 Å². The Labute approximate surface area is 217 Å². The van der Waals surface area contributed by atoms with Crippen LogP contribution in [-0.4, -0.2) is 71.7 Å². The van der Waals surface area contributed by atoms with Crippen molar-refractivity contribution in [2.24, 2.45) is 5.92 Å². The van der Waals surface area contributed by atoms with Gasteiger partial charge in [0.05, 0.1) is 0 Å². The van der Waals surface area contributed by atoms with Gasteiger partial charge in [-0.25, -0.2) is 0 Å². The van der Waals surface area contributed by atoms with Crippen LogP contribution in [0.25, 0.3) is 0 Å². The minimum Gasteiger partial charge on any atom is -0.343 e. The number of hydrogen-bond acceptors (Lipinski definition) is 3. The van der Waals surface area contributed by atoms with Gasteiger partial charge in [-0.05, 0) is 38.5 Å². The second-order valence-corrected chi connectivity index (χ2v) is 9.91. The number of unbranched alkanes of at least 4 members (excludes halogenated alkanes) is 6. The molecule has 0 aliphatic heterocycles. The van der Waals surface area contributed by atoms with Gasteiger partial charge in [0, 0.05) is 45.7 Å². The molecule has 3 amide bonds. The second-order valence-electron chi connectivity index (χ2n) is 9.91. The fourth-order valence-corrected chi connectivity index (χ4v) is 4.14. The van der Waals surface area contributed by atoms with Gasteiger partial charge >= 0.3 is 0 Å². The number of carbonyl (C=O) groups excluding carboxylic acids is 3. The molecule has 0 N–H and O–H groups in total. The summed E-state index contributed by atoms with van der Waals surface area (Å²) in [6.45, 7) is 16.8.